The molecule has 0 radical (unpaired) electrons. The van der Waals surface area contributed by atoms with Gasteiger partial charge in [-0.2, -0.15) is 0 Å². The fraction of sp³-hybridized carbons (Fsp3) is 0.600. The van der Waals surface area contributed by atoms with Gasteiger partial charge < -0.3 is 15.0 Å². The quantitative estimate of drug-likeness (QED) is 0.845. The molecule has 0 spiro atoms. The van der Waals surface area contributed by atoms with Crippen LogP contribution < -0.4 is 15.0 Å². The van der Waals surface area contributed by atoms with Crippen molar-refractivity contribution in [2.24, 2.45) is 0 Å². The summed E-state index contributed by atoms with van der Waals surface area (Å²) in [6.07, 6.45) is 2.79. The van der Waals surface area contributed by atoms with E-state index in [4.69, 9.17) is 4.74 Å². The predicted octanol–water partition coefficient (Wildman–Crippen LogP) is 2.10. The van der Waals surface area contributed by atoms with Crippen molar-refractivity contribution in [1.29, 1.82) is 0 Å². The van der Waals surface area contributed by atoms with Gasteiger partial charge in [0, 0.05) is 25.4 Å². The van der Waals surface area contributed by atoms with Crippen molar-refractivity contribution in [3.63, 3.8) is 0 Å². The van der Waals surface area contributed by atoms with Crippen molar-refractivity contribution < 1.29 is 14.3 Å². The van der Waals surface area contributed by atoms with Crippen molar-refractivity contribution in [3.05, 3.63) is 23.8 Å². The Bertz CT molecular complexity index is 662. The second-order valence-corrected chi connectivity index (χ2v) is 7.09. The summed E-state index contributed by atoms with van der Waals surface area (Å²) in [6.45, 7) is 7.99. The smallest absolute Gasteiger partial charge is 0.227 e. The maximum absolute atomic E-state index is 12.6. The molecular formula is C20H29N3O3. The molecular weight excluding hydrogens is 330 g/mol. The third-order valence-corrected chi connectivity index (χ3v) is 5.28. The first-order valence-electron chi connectivity index (χ1n) is 9.63. The third kappa shape index (κ3) is 4.36. The van der Waals surface area contributed by atoms with Crippen molar-refractivity contribution in [3.8, 4) is 5.75 Å². The van der Waals surface area contributed by atoms with Crippen LogP contribution in [0.3, 0.4) is 0 Å². The van der Waals surface area contributed by atoms with Crippen molar-refractivity contribution in [2.75, 3.05) is 37.7 Å². The van der Waals surface area contributed by atoms with E-state index in [1.165, 1.54) is 6.42 Å². The number of likely N-dealkylation sites (tertiary alicyclic amines) is 1. The molecule has 0 saturated carbocycles. The van der Waals surface area contributed by atoms with Gasteiger partial charge >= 0.3 is 0 Å². The number of ether oxygens (including phenoxy) is 1. The van der Waals surface area contributed by atoms with Crippen LogP contribution in [0, 0.1) is 6.92 Å². The Morgan fingerprint density at radius 1 is 1.27 bits per heavy atom. The minimum absolute atomic E-state index is 0.0219. The third-order valence-electron chi connectivity index (χ3n) is 5.28. The summed E-state index contributed by atoms with van der Waals surface area (Å²) in [6, 6.07) is 6.28. The number of anilines is 1. The molecule has 3 rings (SSSR count). The highest BCUT2D eigenvalue weighted by Crippen LogP contribution is 2.32. The Kier molecular flexibility index (Phi) is 6.14. The lowest BCUT2D eigenvalue weighted by atomic mass is 10.1. The average Bonchev–Trinajstić information content (AvgIpc) is 3.11. The van der Waals surface area contributed by atoms with Gasteiger partial charge in [-0.3, -0.25) is 14.5 Å². The van der Waals surface area contributed by atoms with Crippen molar-refractivity contribution >= 4 is 17.5 Å². The second kappa shape index (κ2) is 8.54. The number of fused-ring (bicyclic) bond motifs is 1. The standard InChI is InChI=1S/C20H29N3O3/c1-3-22-10-4-5-16(22)14-21-19(24)8-9-20(25)23-11-12-26-18-7-6-15(2)13-17(18)23/h6-7,13,16H,3-5,8-12,14H2,1-2H3,(H,21,24). The molecule has 0 bridgehead atoms. The van der Waals surface area contributed by atoms with Crippen LogP contribution in [0.1, 0.15) is 38.2 Å². The Labute approximate surface area is 155 Å². The molecule has 6 heteroatoms. The predicted molar refractivity (Wildman–Crippen MR) is 102 cm³/mol. The first-order chi connectivity index (χ1) is 12.6. The van der Waals surface area contributed by atoms with Gasteiger partial charge in [0.2, 0.25) is 11.8 Å². The molecule has 2 amide bonds. The highest BCUT2D eigenvalue weighted by atomic mass is 16.5. The Balaban J connectivity index is 1.48. The van der Waals surface area contributed by atoms with E-state index in [2.05, 4.69) is 17.1 Å². The minimum atomic E-state index is -0.0426. The van der Waals surface area contributed by atoms with Crippen molar-refractivity contribution in [2.45, 2.75) is 45.6 Å². The van der Waals surface area contributed by atoms with Gasteiger partial charge in [0.05, 0.1) is 12.2 Å². The lowest BCUT2D eigenvalue weighted by Crippen LogP contribution is -2.41. The van der Waals surface area contributed by atoms with Crippen LogP contribution in [0.2, 0.25) is 0 Å². The molecule has 1 N–H and O–H groups in total. The number of carbonyl (C=O) groups is 2. The number of aryl methyl sites for hydroxylation is 1. The summed E-state index contributed by atoms with van der Waals surface area (Å²) >= 11 is 0. The fourth-order valence-corrected chi connectivity index (χ4v) is 3.80. The molecule has 6 nitrogen and oxygen atoms in total. The van der Waals surface area contributed by atoms with E-state index in [-0.39, 0.29) is 24.7 Å². The highest BCUT2D eigenvalue weighted by molar-refractivity contribution is 5.97. The van der Waals surface area contributed by atoms with Crippen LogP contribution in [-0.4, -0.2) is 55.5 Å². The van der Waals surface area contributed by atoms with E-state index in [0.29, 0.717) is 25.7 Å². The van der Waals surface area contributed by atoms with Crippen LogP contribution in [0.5, 0.6) is 5.75 Å². The topological polar surface area (TPSA) is 61.9 Å². The van der Waals surface area contributed by atoms with E-state index in [1.807, 2.05) is 25.1 Å². The molecule has 1 aromatic rings. The summed E-state index contributed by atoms with van der Waals surface area (Å²) < 4.78 is 5.62. The Hall–Kier alpha value is -2.08. The van der Waals surface area contributed by atoms with E-state index in [0.717, 1.165) is 36.5 Å². The number of rotatable bonds is 6. The molecule has 2 aliphatic rings. The monoisotopic (exact) mass is 359 g/mol. The zero-order chi connectivity index (χ0) is 18.5. The zero-order valence-corrected chi connectivity index (χ0v) is 15.8. The molecule has 26 heavy (non-hydrogen) atoms. The van der Waals surface area contributed by atoms with Crippen LogP contribution >= 0.6 is 0 Å². The lowest BCUT2D eigenvalue weighted by molar-refractivity contribution is -0.125. The number of amides is 2. The van der Waals surface area contributed by atoms with Crippen LogP contribution in [-0.2, 0) is 9.59 Å². The molecule has 1 fully saturated rings. The number of benzene rings is 1. The molecule has 1 atom stereocenters. The van der Waals surface area contributed by atoms with Crippen molar-refractivity contribution in [1.82, 2.24) is 10.2 Å². The van der Waals surface area contributed by atoms with Crippen LogP contribution in [0.25, 0.3) is 0 Å². The number of nitrogens with zero attached hydrogens (tertiary/aromatic N) is 2. The molecule has 1 aromatic carbocycles. The van der Waals surface area contributed by atoms with Gasteiger partial charge in [0.25, 0.3) is 0 Å². The van der Waals surface area contributed by atoms with Gasteiger partial charge in [0.15, 0.2) is 0 Å². The molecule has 142 valence electrons. The maximum atomic E-state index is 12.6. The van der Waals surface area contributed by atoms with E-state index in [9.17, 15) is 9.59 Å². The van der Waals surface area contributed by atoms with Crippen LogP contribution in [0.15, 0.2) is 18.2 Å². The van der Waals surface area contributed by atoms with Crippen LogP contribution in [0.4, 0.5) is 5.69 Å². The Morgan fingerprint density at radius 3 is 2.92 bits per heavy atom. The summed E-state index contributed by atoms with van der Waals surface area (Å²) in [4.78, 5) is 28.9. The minimum Gasteiger partial charge on any atom is -0.490 e. The normalized spacial score (nSPS) is 19.8. The van der Waals surface area contributed by atoms with E-state index < -0.39 is 0 Å². The van der Waals surface area contributed by atoms with Gasteiger partial charge in [-0.15, -0.1) is 0 Å². The first kappa shape index (κ1) is 18.7. The zero-order valence-electron chi connectivity index (χ0n) is 15.8. The molecule has 0 aliphatic carbocycles. The van der Waals surface area contributed by atoms with E-state index >= 15 is 0 Å². The maximum Gasteiger partial charge on any atom is 0.227 e. The average molecular weight is 359 g/mol. The number of carbonyl (C=O) groups excluding carboxylic acids is 2. The summed E-state index contributed by atoms with van der Waals surface area (Å²) in [7, 11) is 0. The second-order valence-electron chi connectivity index (χ2n) is 7.09. The SMILES string of the molecule is CCN1CCCC1CNC(=O)CCC(=O)N1CCOc2ccc(C)cc21. The number of hydrogen-bond acceptors (Lipinski definition) is 4. The summed E-state index contributed by atoms with van der Waals surface area (Å²) in [5, 5.41) is 3.00. The fourth-order valence-electron chi connectivity index (χ4n) is 3.80. The van der Waals surface area contributed by atoms with Gasteiger partial charge in [-0.25, -0.2) is 0 Å². The number of likely N-dealkylation sites (N-methyl/N-ethyl adjacent to an activating group) is 1. The molecule has 0 aromatic heterocycles. The number of nitrogens with one attached hydrogen (secondary N) is 1. The molecule has 2 aliphatic heterocycles. The first-order valence-corrected chi connectivity index (χ1v) is 9.63. The van der Waals surface area contributed by atoms with Gasteiger partial charge in [0.1, 0.15) is 12.4 Å². The summed E-state index contributed by atoms with van der Waals surface area (Å²) in [5.74, 6) is 0.672. The Morgan fingerprint density at radius 2 is 2.12 bits per heavy atom. The summed E-state index contributed by atoms with van der Waals surface area (Å²) in [5.41, 5.74) is 1.90. The molecule has 1 saturated heterocycles. The molecule has 2 heterocycles. The molecule has 1 unspecified atom stereocenters. The highest BCUT2D eigenvalue weighted by Gasteiger charge is 2.25. The lowest BCUT2D eigenvalue weighted by Gasteiger charge is -2.30. The van der Waals surface area contributed by atoms with Gasteiger partial charge in [-0.05, 0) is 50.6 Å². The number of hydrogen-bond donors (Lipinski definition) is 1. The van der Waals surface area contributed by atoms with E-state index in [1.54, 1.807) is 4.90 Å². The van der Waals surface area contributed by atoms with Gasteiger partial charge in [-0.1, -0.05) is 13.0 Å². The largest absolute Gasteiger partial charge is 0.490 e.